The van der Waals surface area contributed by atoms with Gasteiger partial charge in [-0.3, -0.25) is 19.6 Å². The summed E-state index contributed by atoms with van der Waals surface area (Å²) in [7, 11) is 0. The van der Waals surface area contributed by atoms with Crippen molar-refractivity contribution < 1.29 is 29.1 Å². The first-order valence-electron chi connectivity index (χ1n) is 14.0. The van der Waals surface area contributed by atoms with E-state index >= 15 is 0 Å². The van der Waals surface area contributed by atoms with Gasteiger partial charge in [0.2, 0.25) is 18.2 Å². The number of thiazole rings is 1. The molecule has 0 bridgehead atoms. The Bertz CT molecular complexity index is 1120. The number of ether oxygens (including phenoxy) is 1. The SMILES string of the molecule is CCC[C@@H]([C@@H](CC(C)C)C(=O)N[C@H](C(=O)Nc1nccs1)C(C)(C)SCCNC(=O)OCc1ccccc1)N(O)C=O. The minimum atomic E-state index is -0.996. The summed E-state index contributed by atoms with van der Waals surface area (Å²) in [5, 5.41) is 21.4. The molecule has 0 aliphatic carbocycles. The molecule has 0 saturated carbocycles. The van der Waals surface area contributed by atoms with Crippen molar-refractivity contribution in [2.24, 2.45) is 11.8 Å². The fraction of sp³-hybridized carbons (Fsp3) is 0.552. The number of aromatic nitrogens is 1. The van der Waals surface area contributed by atoms with Crippen molar-refractivity contribution in [1.82, 2.24) is 20.7 Å². The van der Waals surface area contributed by atoms with E-state index in [4.69, 9.17) is 4.74 Å². The third-order valence-corrected chi connectivity index (χ3v) is 8.60. The first kappa shape index (κ1) is 35.0. The second-order valence-electron chi connectivity index (χ2n) is 10.8. The monoisotopic (exact) mass is 621 g/mol. The lowest BCUT2D eigenvalue weighted by atomic mass is 9.86. The van der Waals surface area contributed by atoms with Crippen LogP contribution in [-0.2, 0) is 25.7 Å². The highest BCUT2D eigenvalue weighted by molar-refractivity contribution is 8.00. The van der Waals surface area contributed by atoms with Crippen molar-refractivity contribution in [3.8, 4) is 0 Å². The molecule has 1 heterocycles. The summed E-state index contributed by atoms with van der Waals surface area (Å²) < 4.78 is 4.43. The number of thioether (sulfide) groups is 1. The molecule has 13 heteroatoms. The number of anilines is 1. The van der Waals surface area contributed by atoms with Gasteiger partial charge in [-0.15, -0.1) is 11.3 Å². The molecule has 1 aromatic carbocycles. The second kappa shape index (κ2) is 17.7. The van der Waals surface area contributed by atoms with Gasteiger partial charge in [0.15, 0.2) is 5.13 Å². The first-order valence-corrected chi connectivity index (χ1v) is 15.9. The Labute approximate surface area is 256 Å². The highest BCUT2D eigenvalue weighted by Crippen LogP contribution is 2.30. The van der Waals surface area contributed by atoms with Gasteiger partial charge in [0.05, 0.1) is 12.0 Å². The maximum Gasteiger partial charge on any atom is 0.407 e. The minimum absolute atomic E-state index is 0.0952. The molecule has 3 atom stereocenters. The van der Waals surface area contributed by atoms with E-state index in [0.29, 0.717) is 41.6 Å². The van der Waals surface area contributed by atoms with Crippen molar-refractivity contribution in [2.75, 3.05) is 17.6 Å². The molecule has 232 valence electrons. The lowest BCUT2D eigenvalue weighted by Crippen LogP contribution is -2.58. The van der Waals surface area contributed by atoms with Crippen LogP contribution in [0.15, 0.2) is 41.9 Å². The Morgan fingerprint density at radius 3 is 2.50 bits per heavy atom. The van der Waals surface area contributed by atoms with Crippen LogP contribution in [0.1, 0.15) is 59.4 Å². The van der Waals surface area contributed by atoms with Gasteiger partial charge in [-0.05, 0) is 38.2 Å². The van der Waals surface area contributed by atoms with Crippen molar-refractivity contribution in [2.45, 2.75) is 77.3 Å². The van der Waals surface area contributed by atoms with E-state index in [1.165, 1.54) is 23.1 Å². The van der Waals surface area contributed by atoms with Crippen molar-refractivity contribution in [3.05, 3.63) is 47.5 Å². The van der Waals surface area contributed by atoms with Gasteiger partial charge in [0, 0.05) is 28.6 Å². The maximum atomic E-state index is 13.7. The molecule has 4 N–H and O–H groups in total. The van der Waals surface area contributed by atoms with Crippen LogP contribution in [-0.4, -0.2) is 68.7 Å². The number of alkyl carbamates (subject to hydrolysis) is 1. The maximum absolute atomic E-state index is 13.7. The third kappa shape index (κ3) is 11.6. The van der Waals surface area contributed by atoms with E-state index in [0.717, 1.165) is 5.56 Å². The Hall–Kier alpha value is -3.16. The summed E-state index contributed by atoms with van der Waals surface area (Å²) in [4.78, 5) is 55.0. The summed E-state index contributed by atoms with van der Waals surface area (Å²) in [6.45, 7) is 9.93. The normalized spacial score (nSPS) is 13.5. The lowest BCUT2D eigenvalue weighted by Gasteiger charge is -2.36. The minimum Gasteiger partial charge on any atom is -0.445 e. The van der Waals surface area contributed by atoms with Crippen LogP contribution in [0.2, 0.25) is 0 Å². The molecule has 0 fully saturated rings. The molecule has 0 unspecified atom stereocenters. The number of hydrogen-bond acceptors (Lipinski definition) is 9. The molecular weight excluding hydrogens is 578 g/mol. The quantitative estimate of drug-likeness (QED) is 0.0811. The van der Waals surface area contributed by atoms with Gasteiger partial charge in [0.25, 0.3) is 0 Å². The average molecular weight is 622 g/mol. The van der Waals surface area contributed by atoms with Crippen LogP contribution in [0.4, 0.5) is 9.93 Å². The van der Waals surface area contributed by atoms with E-state index in [1.54, 1.807) is 11.6 Å². The van der Waals surface area contributed by atoms with Crippen LogP contribution in [0.25, 0.3) is 0 Å². The molecule has 42 heavy (non-hydrogen) atoms. The van der Waals surface area contributed by atoms with Gasteiger partial charge in [-0.1, -0.05) is 57.5 Å². The predicted octanol–water partition coefficient (Wildman–Crippen LogP) is 4.68. The number of nitrogens with one attached hydrogen (secondary N) is 3. The average Bonchev–Trinajstić information content (AvgIpc) is 3.47. The van der Waals surface area contributed by atoms with Gasteiger partial charge in [0.1, 0.15) is 12.6 Å². The number of nitrogens with zero attached hydrogens (tertiary/aromatic N) is 2. The van der Waals surface area contributed by atoms with E-state index in [9.17, 15) is 24.4 Å². The number of benzene rings is 1. The molecule has 0 radical (unpaired) electrons. The predicted molar refractivity (Wildman–Crippen MR) is 165 cm³/mol. The van der Waals surface area contributed by atoms with Crippen LogP contribution < -0.4 is 16.0 Å². The number of hydroxylamine groups is 2. The zero-order chi connectivity index (χ0) is 31.1. The van der Waals surface area contributed by atoms with Crippen LogP contribution in [0.5, 0.6) is 0 Å². The molecule has 1 aromatic heterocycles. The number of carbonyl (C=O) groups is 4. The van der Waals surface area contributed by atoms with Crippen LogP contribution >= 0.6 is 23.1 Å². The Morgan fingerprint density at radius 2 is 1.90 bits per heavy atom. The molecule has 0 spiro atoms. The smallest absolute Gasteiger partial charge is 0.407 e. The van der Waals surface area contributed by atoms with Gasteiger partial charge < -0.3 is 20.7 Å². The topological polar surface area (TPSA) is 150 Å². The molecular formula is C29H43N5O6S2. The van der Waals surface area contributed by atoms with Crippen LogP contribution in [0, 0.1) is 11.8 Å². The van der Waals surface area contributed by atoms with E-state index in [-0.39, 0.29) is 19.1 Å². The molecule has 2 aromatic rings. The highest BCUT2D eigenvalue weighted by Gasteiger charge is 2.40. The molecule has 11 nitrogen and oxygen atoms in total. The van der Waals surface area contributed by atoms with E-state index < -0.39 is 40.7 Å². The number of carbonyl (C=O) groups excluding carboxylic acids is 4. The van der Waals surface area contributed by atoms with Crippen molar-refractivity contribution >= 4 is 52.5 Å². The Kier molecular flexibility index (Phi) is 14.8. The molecule has 0 aliphatic heterocycles. The summed E-state index contributed by atoms with van der Waals surface area (Å²) in [6.07, 6.45) is 2.80. The van der Waals surface area contributed by atoms with Gasteiger partial charge >= 0.3 is 6.09 Å². The lowest BCUT2D eigenvalue weighted by molar-refractivity contribution is -0.169. The molecule has 0 saturated heterocycles. The van der Waals surface area contributed by atoms with Crippen molar-refractivity contribution in [1.29, 1.82) is 0 Å². The third-order valence-electron chi connectivity index (χ3n) is 6.52. The first-order chi connectivity index (χ1) is 20.0. The second-order valence-corrected chi connectivity index (χ2v) is 13.4. The molecule has 0 aliphatic rings. The number of amides is 4. The fourth-order valence-corrected chi connectivity index (χ4v) is 6.02. The van der Waals surface area contributed by atoms with Crippen LogP contribution in [0.3, 0.4) is 0 Å². The number of rotatable bonds is 18. The zero-order valence-corrected chi connectivity index (χ0v) is 26.5. The van der Waals surface area contributed by atoms with Gasteiger partial charge in [-0.2, -0.15) is 11.8 Å². The summed E-state index contributed by atoms with van der Waals surface area (Å²) >= 11 is 2.66. The molecule has 4 amide bonds. The standard InChI is InChI=1S/C29H43N5O6S2/c1-6-10-23(34(39)19-35)22(17-20(2)3)25(36)32-24(26(37)33-27-30-13-15-41-27)29(4,5)42-16-14-31-28(38)40-18-21-11-8-7-9-12-21/h7-9,11-13,15,19-20,22-24,39H,6,10,14,16-18H2,1-5H3,(H,31,38)(H,32,36)(H,30,33,37)/t22-,23+,24-/m1/s1. The summed E-state index contributed by atoms with van der Waals surface area (Å²) in [6, 6.07) is 7.62. The van der Waals surface area contributed by atoms with Crippen molar-refractivity contribution in [3.63, 3.8) is 0 Å². The molecule has 2 rings (SSSR count). The fourth-order valence-electron chi connectivity index (χ4n) is 4.43. The largest absolute Gasteiger partial charge is 0.445 e. The summed E-state index contributed by atoms with van der Waals surface area (Å²) in [5.74, 6) is -1.08. The van der Waals surface area contributed by atoms with Gasteiger partial charge in [-0.25, -0.2) is 14.8 Å². The van der Waals surface area contributed by atoms with E-state index in [2.05, 4.69) is 20.9 Å². The Balaban J connectivity index is 2.13. The summed E-state index contributed by atoms with van der Waals surface area (Å²) in [5.41, 5.74) is 0.877. The van der Waals surface area contributed by atoms with E-state index in [1.807, 2.05) is 65.0 Å². The highest BCUT2D eigenvalue weighted by atomic mass is 32.2. The Morgan fingerprint density at radius 1 is 1.19 bits per heavy atom. The number of hydrogen-bond donors (Lipinski definition) is 4. The zero-order valence-electron chi connectivity index (χ0n) is 24.9.